The Morgan fingerprint density at radius 2 is 2.23 bits per heavy atom. The largest absolute Gasteiger partial charge is 0.396 e. The van der Waals surface area contributed by atoms with Crippen LogP contribution in [0.5, 0.6) is 0 Å². The Balaban J connectivity index is 1.69. The number of hydrogen-bond acceptors (Lipinski definition) is 6. The molecule has 1 aliphatic rings. The third kappa shape index (κ3) is 3.27. The zero-order valence-corrected chi connectivity index (χ0v) is 13.0. The molecule has 2 N–H and O–H groups in total. The van der Waals surface area contributed by atoms with Crippen LogP contribution in [0.3, 0.4) is 0 Å². The van der Waals surface area contributed by atoms with Gasteiger partial charge in [-0.1, -0.05) is 19.0 Å². The topological polar surface area (TPSA) is 84.1 Å². The summed E-state index contributed by atoms with van der Waals surface area (Å²) < 4.78 is 5.31. The molecule has 6 heteroatoms. The van der Waals surface area contributed by atoms with Crippen molar-refractivity contribution in [3.05, 3.63) is 24.2 Å². The van der Waals surface area contributed by atoms with Crippen molar-refractivity contribution in [3.8, 4) is 11.5 Å². The minimum absolute atomic E-state index is 0.241. The van der Waals surface area contributed by atoms with E-state index in [4.69, 9.17) is 9.63 Å². The third-order valence-electron chi connectivity index (χ3n) is 4.21. The maximum absolute atomic E-state index is 9.11. The Kier molecular flexibility index (Phi) is 4.11. The van der Waals surface area contributed by atoms with E-state index in [1.54, 1.807) is 6.20 Å². The van der Waals surface area contributed by atoms with Crippen molar-refractivity contribution in [2.24, 2.45) is 5.41 Å². The number of rotatable bonds is 7. The lowest BCUT2D eigenvalue weighted by Gasteiger charge is -2.15. The standard InChI is InChI=1S/C16H22N4O2/c1-11(2)14-19-15(22-20-14)12-3-7-17-13(9-12)18-10-16(4-5-16)6-8-21/h3,7,9,11,21H,4-6,8,10H2,1-2H3,(H,17,18). The number of pyridine rings is 1. The normalized spacial score (nSPS) is 16.0. The Bertz CT molecular complexity index is 635. The van der Waals surface area contributed by atoms with Crippen LogP contribution in [0.4, 0.5) is 5.82 Å². The van der Waals surface area contributed by atoms with Crippen molar-refractivity contribution in [1.29, 1.82) is 0 Å². The first-order valence-corrected chi connectivity index (χ1v) is 7.77. The SMILES string of the molecule is CC(C)c1noc(-c2ccnc(NCC3(CCO)CC3)c2)n1. The molecule has 0 atom stereocenters. The number of aliphatic hydroxyl groups is 1. The van der Waals surface area contributed by atoms with E-state index in [1.807, 2.05) is 26.0 Å². The minimum Gasteiger partial charge on any atom is -0.396 e. The van der Waals surface area contributed by atoms with E-state index < -0.39 is 0 Å². The van der Waals surface area contributed by atoms with Gasteiger partial charge in [0.15, 0.2) is 5.82 Å². The molecule has 0 spiro atoms. The predicted molar refractivity (Wildman–Crippen MR) is 83.5 cm³/mol. The quantitative estimate of drug-likeness (QED) is 0.818. The zero-order chi connectivity index (χ0) is 15.6. The molecule has 3 rings (SSSR count). The number of anilines is 1. The number of nitrogens with one attached hydrogen (secondary N) is 1. The maximum atomic E-state index is 9.11. The molecule has 1 aliphatic carbocycles. The minimum atomic E-state index is 0.241. The van der Waals surface area contributed by atoms with E-state index >= 15 is 0 Å². The summed E-state index contributed by atoms with van der Waals surface area (Å²) in [4.78, 5) is 8.74. The molecule has 0 aromatic carbocycles. The number of nitrogens with zero attached hydrogens (tertiary/aromatic N) is 3. The lowest BCUT2D eigenvalue weighted by molar-refractivity contribution is 0.253. The third-order valence-corrected chi connectivity index (χ3v) is 4.21. The maximum Gasteiger partial charge on any atom is 0.258 e. The molecule has 2 heterocycles. The number of aromatic nitrogens is 3. The second-order valence-electron chi connectivity index (χ2n) is 6.37. The van der Waals surface area contributed by atoms with E-state index in [2.05, 4.69) is 20.4 Å². The van der Waals surface area contributed by atoms with Crippen LogP contribution in [0.25, 0.3) is 11.5 Å². The molecule has 1 saturated carbocycles. The van der Waals surface area contributed by atoms with Gasteiger partial charge < -0.3 is 14.9 Å². The smallest absolute Gasteiger partial charge is 0.258 e. The Labute approximate surface area is 130 Å². The average Bonchev–Trinajstić information content (AvgIpc) is 3.10. The Hall–Kier alpha value is -1.95. The summed E-state index contributed by atoms with van der Waals surface area (Å²) in [6, 6.07) is 3.79. The fourth-order valence-corrected chi connectivity index (χ4v) is 2.45. The van der Waals surface area contributed by atoms with Crippen LogP contribution >= 0.6 is 0 Å². The molecule has 0 radical (unpaired) electrons. The molecule has 118 valence electrons. The fraction of sp³-hybridized carbons (Fsp3) is 0.562. The summed E-state index contributed by atoms with van der Waals surface area (Å²) in [6.07, 6.45) is 4.92. The van der Waals surface area contributed by atoms with Crippen LogP contribution < -0.4 is 5.32 Å². The molecule has 0 saturated heterocycles. The summed E-state index contributed by atoms with van der Waals surface area (Å²) in [5.41, 5.74) is 1.12. The van der Waals surface area contributed by atoms with E-state index in [9.17, 15) is 0 Å². The van der Waals surface area contributed by atoms with Gasteiger partial charge in [0.2, 0.25) is 0 Å². The van der Waals surface area contributed by atoms with Crippen molar-refractivity contribution >= 4 is 5.82 Å². The number of aliphatic hydroxyl groups excluding tert-OH is 1. The van der Waals surface area contributed by atoms with Gasteiger partial charge in [0.1, 0.15) is 5.82 Å². The first-order valence-electron chi connectivity index (χ1n) is 7.77. The highest BCUT2D eigenvalue weighted by molar-refractivity contribution is 5.57. The summed E-state index contributed by atoms with van der Waals surface area (Å²) in [5.74, 6) is 2.27. The molecule has 0 bridgehead atoms. The molecule has 2 aromatic rings. The van der Waals surface area contributed by atoms with Crippen LogP contribution in [-0.4, -0.2) is 33.4 Å². The molecular formula is C16H22N4O2. The summed E-state index contributed by atoms with van der Waals surface area (Å²) in [6.45, 7) is 5.15. The summed E-state index contributed by atoms with van der Waals surface area (Å²) >= 11 is 0. The van der Waals surface area contributed by atoms with Crippen LogP contribution in [0, 0.1) is 5.41 Å². The molecule has 6 nitrogen and oxygen atoms in total. The highest BCUT2D eigenvalue weighted by atomic mass is 16.5. The number of hydrogen-bond donors (Lipinski definition) is 2. The highest BCUT2D eigenvalue weighted by Crippen LogP contribution is 2.48. The van der Waals surface area contributed by atoms with Crippen LogP contribution in [0.15, 0.2) is 22.9 Å². The molecule has 0 aliphatic heterocycles. The lowest BCUT2D eigenvalue weighted by Crippen LogP contribution is -2.17. The van der Waals surface area contributed by atoms with Crippen molar-refractivity contribution in [3.63, 3.8) is 0 Å². The molecule has 22 heavy (non-hydrogen) atoms. The van der Waals surface area contributed by atoms with Crippen LogP contribution in [0.2, 0.25) is 0 Å². The van der Waals surface area contributed by atoms with Crippen molar-refractivity contribution < 1.29 is 9.63 Å². The van der Waals surface area contributed by atoms with Gasteiger partial charge in [0.05, 0.1) is 0 Å². The zero-order valence-electron chi connectivity index (χ0n) is 13.0. The van der Waals surface area contributed by atoms with Gasteiger partial charge >= 0.3 is 0 Å². The van der Waals surface area contributed by atoms with Gasteiger partial charge in [-0.25, -0.2) is 4.98 Å². The molecule has 0 unspecified atom stereocenters. The summed E-state index contributed by atoms with van der Waals surface area (Å²) in [5, 5.41) is 16.5. The van der Waals surface area contributed by atoms with E-state index in [-0.39, 0.29) is 17.9 Å². The second kappa shape index (κ2) is 6.04. The van der Waals surface area contributed by atoms with E-state index in [0.717, 1.165) is 24.3 Å². The van der Waals surface area contributed by atoms with Gasteiger partial charge in [-0.3, -0.25) is 0 Å². The van der Waals surface area contributed by atoms with Crippen LogP contribution in [-0.2, 0) is 0 Å². The van der Waals surface area contributed by atoms with E-state index in [1.165, 1.54) is 12.8 Å². The average molecular weight is 302 g/mol. The molecule has 2 aromatic heterocycles. The van der Waals surface area contributed by atoms with Gasteiger partial charge in [-0.05, 0) is 36.8 Å². The van der Waals surface area contributed by atoms with Crippen molar-refractivity contribution in [2.45, 2.75) is 39.0 Å². The lowest BCUT2D eigenvalue weighted by atomic mass is 10.0. The molecule has 0 amide bonds. The first-order chi connectivity index (χ1) is 10.6. The second-order valence-corrected chi connectivity index (χ2v) is 6.37. The van der Waals surface area contributed by atoms with Crippen LogP contribution in [0.1, 0.15) is 44.9 Å². The van der Waals surface area contributed by atoms with Gasteiger partial charge in [0, 0.05) is 30.8 Å². The van der Waals surface area contributed by atoms with Gasteiger partial charge in [-0.2, -0.15) is 4.98 Å². The van der Waals surface area contributed by atoms with Gasteiger partial charge in [-0.15, -0.1) is 0 Å². The fourth-order valence-electron chi connectivity index (χ4n) is 2.45. The summed E-state index contributed by atoms with van der Waals surface area (Å²) in [7, 11) is 0. The predicted octanol–water partition coefficient (Wildman–Crippen LogP) is 2.83. The molecule has 1 fully saturated rings. The van der Waals surface area contributed by atoms with Crippen molar-refractivity contribution in [1.82, 2.24) is 15.1 Å². The van der Waals surface area contributed by atoms with E-state index in [0.29, 0.717) is 11.7 Å². The molecular weight excluding hydrogens is 280 g/mol. The van der Waals surface area contributed by atoms with Gasteiger partial charge in [0.25, 0.3) is 5.89 Å². The van der Waals surface area contributed by atoms with Crippen molar-refractivity contribution in [2.75, 3.05) is 18.5 Å². The Morgan fingerprint density at radius 3 is 2.86 bits per heavy atom. The first kappa shape index (κ1) is 15.0. The highest BCUT2D eigenvalue weighted by Gasteiger charge is 2.41. The Morgan fingerprint density at radius 1 is 1.41 bits per heavy atom. The monoisotopic (exact) mass is 302 g/mol.